The molecule has 30 heavy (non-hydrogen) atoms. The zero-order valence-electron chi connectivity index (χ0n) is 20.2. The molecule has 0 heterocycles. The summed E-state index contributed by atoms with van der Waals surface area (Å²) in [6, 6.07) is 31.9. The topological polar surface area (TPSA) is 9.23 Å². The Bertz CT molecular complexity index is 619. The van der Waals surface area contributed by atoms with E-state index in [0.29, 0.717) is 0 Å². The van der Waals surface area contributed by atoms with Crippen molar-refractivity contribution in [1.29, 1.82) is 0 Å². The van der Waals surface area contributed by atoms with E-state index in [2.05, 4.69) is 91.0 Å². The van der Waals surface area contributed by atoms with Gasteiger partial charge in [-0.05, 0) is 16.7 Å². The summed E-state index contributed by atoms with van der Waals surface area (Å²) in [6.07, 6.45) is 2.69. The lowest BCUT2D eigenvalue weighted by Crippen LogP contribution is -2.39. The van der Waals surface area contributed by atoms with Crippen molar-refractivity contribution in [2.24, 2.45) is 0 Å². The zero-order valence-corrected chi connectivity index (χ0v) is 20.2. The third-order valence-corrected chi connectivity index (χ3v) is 4.54. The van der Waals surface area contributed by atoms with Crippen LogP contribution in [0.3, 0.4) is 0 Å². The molecule has 3 aromatic rings. The second-order valence-electron chi connectivity index (χ2n) is 6.37. The van der Waals surface area contributed by atoms with Gasteiger partial charge in [0.05, 0.1) is 5.60 Å². The third-order valence-electron chi connectivity index (χ3n) is 4.54. The quantitative estimate of drug-likeness (QED) is 0.384. The molecular formula is C29H42O. The Labute approximate surface area is 186 Å². The summed E-state index contributed by atoms with van der Waals surface area (Å²) in [6.45, 7) is 12.0. The van der Waals surface area contributed by atoms with Gasteiger partial charge in [0, 0.05) is 26.4 Å². The highest BCUT2D eigenvalue weighted by Crippen LogP contribution is 2.27. The fourth-order valence-corrected chi connectivity index (χ4v) is 3.31. The van der Waals surface area contributed by atoms with Crippen molar-refractivity contribution in [3.8, 4) is 0 Å². The Balaban J connectivity index is 0.00000129. The van der Waals surface area contributed by atoms with Gasteiger partial charge in [0.15, 0.2) is 0 Å². The van der Waals surface area contributed by atoms with E-state index in [1.807, 2.05) is 48.7 Å². The predicted molar refractivity (Wildman–Crippen MR) is 134 cm³/mol. The summed E-state index contributed by atoms with van der Waals surface area (Å²) in [5, 5.41) is 0. The lowest BCUT2D eigenvalue weighted by molar-refractivity contribution is -0.00950. The van der Waals surface area contributed by atoms with E-state index in [-0.39, 0.29) is 5.60 Å². The average Bonchev–Trinajstić information content (AvgIpc) is 2.85. The van der Waals surface area contributed by atoms with Crippen LogP contribution in [0.15, 0.2) is 91.0 Å². The molecule has 0 aliphatic heterocycles. The molecule has 164 valence electrons. The van der Waals surface area contributed by atoms with Gasteiger partial charge in [-0.2, -0.15) is 0 Å². The van der Waals surface area contributed by atoms with E-state index < -0.39 is 0 Å². The van der Waals surface area contributed by atoms with Crippen molar-refractivity contribution in [1.82, 2.24) is 0 Å². The van der Waals surface area contributed by atoms with E-state index in [1.54, 1.807) is 0 Å². The summed E-state index contributed by atoms with van der Waals surface area (Å²) in [4.78, 5) is 0. The molecule has 1 nitrogen and oxygen atoms in total. The predicted octanol–water partition coefficient (Wildman–Crippen LogP) is 8.18. The second-order valence-corrected chi connectivity index (χ2v) is 6.37. The fourth-order valence-electron chi connectivity index (χ4n) is 3.31. The highest BCUT2D eigenvalue weighted by Gasteiger charge is 2.31. The van der Waals surface area contributed by atoms with E-state index in [1.165, 1.54) is 16.7 Å². The molecule has 0 saturated heterocycles. The molecule has 0 spiro atoms. The van der Waals surface area contributed by atoms with Crippen molar-refractivity contribution >= 4 is 0 Å². The maximum Gasteiger partial charge on any atom is 0.0799 e. The lowest BCUT2D eigenvalue weighted by atomic mass is 9.82. The van der Waals surface area contributed by atoms with Crippen LogP contribution in [0, 0.1) is 0 Å². The molecule has 1 heteroatoms. The van der Waals surface area contributed by atoms with Gasteiger partial charge in [-0.15, -0.1) is 0 Å². The zero-order chi connectivity index (χ0) is 22.7. The maximum atomic E-state index is 6.15. The summed E-state index contributed by atoms with van der Waals surface area (Å²) < 4.78 is 6.15. The van der Waals surface area contributed by atoms with Gasteiger partial charge < -0.3 is 4.74 Å². The van der Waals surface area contributed by atoms with Gasteiger partial charge in [0.2, 0.25) is 0 Å². The minimum absolute atomic E-state index is 0.246. The van der Waals surface area contributed by atoms with Crippen LogP contribution in [0.25, 0.3) is 0 Å². The van der Waals surface area contributed by atoms with Crippen LogP contribution >= 0.6 is 0 Å². The molecule has 0 fully saturated rings. The monoisotopic (exact) mass is 406 g/mol. The Morgan fingerprint density at radius 2 is 0.700 bits per heavy atom. The number of rotatable bonds is 7. The van der Waals surface area contributed by atoms with Crippen LogP contribution in [0.5, 0.6) is 0 Å². The molecule has 0 radical (unpaired) electrons. The summed E-state index contributed by atoms with van der Waals surface area (Å²) >= 11 is 0. The normalized spacial score (nSPS) is 9.70. The highest BCUT2D eigenvalue weighted by atomic mass is 16.5. The summed E-state index contributed by atoms with van der Waals surface area (Å²) in [5.74, 6) is 0. The number of methoxy groups -OCH3 is 1. The first-order chi connectivity index (χ1) is 14.8. The molecular weight excluding hydrogens is 364 g/mol. The van der Waals surface area contributed by atoms with Crippen LogP contribution in [0.4, 0.5) is 0 Å². The van der Waals surface area contributed by atoms with Crippen LogP contribution in [0.2, 0.25) is 0 Å². The molecule has 0 aliphatic carbocycles. The van der Waals surface area contributed by atoms with E-state index in [0.717, 1.165) is 19.3 Å². The fraction of sp³-hybridized carbons (Fsp3) is 0.379. The van der Waals surface area contributed by atoms with Gasteiger partial charge in [-0.3, -0.25) is 0 Å². The molecule has 0 aromatic heterocycles. The minimum Gasteiger partial charge on any atom is -0.377 e. The first-order valence-corrected chi connectivity index (χ1v) is 11.5. The Morgan fingerprint density at radius 3 is 0.900 bits per heavy atom. The van der Waals surface area contributed by atoms with Gasteiger partial charge in [-0.1, -0.05) is 133 Å². The second kappa shape index (κ2) is 17.5. The average molecular weight is 407 g/mol. The Hall–Kier alpha value is -2.38. The van der Waals surface area contributed by atoms with E-state index in [4.69, 9.17) is 4.74 Å². The Kier molecular flexibility index (Phi) is 16.1. The number of hydrogen-bond acceptors (Lipinski definition) is 1. The molecule has 0 atom stereocenters. The Morgan fingerprint density at radius 1 is 0.467 bits per heavy atom. The SMILES string of the molecule is CC.CC.CC.COC(Cc1ccccc1)(Cc1ccccc1)Cc1ccccc1. The van der Waals surface area contributed by atoms with Crippen LogP contribution in [-0.2, 0) is 24.0 Å². The smallest absolute Gasteiger partial charge is 0.0799 e. The molecule has 0 unspecified atom stereocenters. The van der Waals surface area contributed by atoms with Gasteiger partial charge in [0.25, 0.3) is 0 Å². The maximum absolute atomic E-state index is 6.15. The van der Waals surface area contributed by atoms with E-state index >= 15 is 0 Å². The molecule has 0 saturated carbocycles. The minimum atomic E-state index is -0.246. The molecule has 3 rings (SSSR count). The third kappa shape index (κ3) is 9.89. The first kappa shape index (κ1) is 27.6. The molecule has 3 aromatic carbocycles. The molecule has 0 N–H and O–H groups in total. The number of ether oxygens (including phenoxy) is 1. The molecule has 0 bridgehead atoms. The van der Waals surface area contributed by atoms with Crippen LogP contribution in [-0.4, -0.2) is 12.7 Å². The number of benzene rings is 3. The number of hydrogen-bond donors (Lipinski definition) is 0. The summed E-state index contributed by atoms with van der Waals surface area (Å²) in [5.41, 5.74) is 3.69. The van der Waals surface area contributed by atoms with Gasteiger partial charge >= 0.3 is 0 Å². The van der Waals surface area contributed by atoms with Gasteiger partial charge in [0.1, 0.15) is 0 Å². The standard InChI is InChI=1S/C23H24O.3C2H6/c1-24-23(17-20-11-5-2-6-12-20,18-21-13-7-3-8-14-21)19-22-15-9-4-10-16-22;3*1-2/h2-16H,17-19H2,1H3;3*1-2H3. The lowest BCUT2D eigenvalue weighted by Gasteiger charge is -2.33. The highest BCUT2D eigenvalue weighted by molar-refractivity contribution is 5.25. The molecule has 0 amide bonds. The summed E-state index contributed by atoms with van der Waals surface area (Å²) in [7, 11) is 1.84. The van der Waals surface area contributed by atoms with Crippen molar-refractivity contribution in [2.45, 2.75) is 66.4 Å². The molecule has 0 aliphatic rings. The largest absolute Gasteiger partial charge is 0.377 e. The first-order valence-electron chi connectivity index (χ1n) is 11.5. The van der Waals surface area contributed by atoms with Crippen molar-refractivity contribution in [3.63, 3.8) is 0 Å². The van der Waals surface area contributed by atoms with Crippen molar-refractivity contribution in [3.05, 3.63) is 108 Å². The van der Waals surface area contributed by atoms with Crippen molar-refractivity contribution < 1.29 is 4.74 Å². The van der Waals surface area contributed by atoms with Gasteiger partial charge in [-0.25, -0.2) is 0 Å². The van der Waals surface area contributed by atoms with E-state index in [9.17, 15) is 0 Å². The van der Waals surface area contributed by atoms with Crippen molar-refractivity contribution in [2.75, 3.05) is 7.11 Å². The van der Waals surface area contributed by atoms with Crippen LogP contribution < -0.4 is 0 Å². The van der Waals surface area contributed by atoms with Crippen LogP contribution in [0.1, 0.15) is 58.2 Å².